The Balaban J connectivity index is 4.70. The number of aliphatic hydroxyl groups excluding tert-OH is 2. The molecule has 0 spiro atoms. The molecule has 0 fully saturated rings. The van der Waals surface area contributed by atoms with E-state index >= 15 is 0 Å². The molecule has 0 amide bonds. The van der Waals surface area contributed by atoms with E-state index in [1.807, 2.05) is 0 Å². The number of ether oxygens (including phenoxy) is 3. The summed E-state index contributed by atoms with van der Waals surface area (Å²) >= 11 is 0. The first kappa shape index (κ1) is 99.7. The van der Waals surface area contributed by atoms with E-state index in [9.17, 15) is 43.5 Å². The number of carbonyl (C=O) groups excluding carboxylic acids is 3. The summed E-state index contributed by atoms with van der Waals surface area (Å²) in [7, 11) is -9.83. The molecule has 0 rings (SSSR count). The Hall–Kier alpha value is -5.35. The van der Waals surface area contributed by atoms with Gasteiger partial charge < -0.3 is 34.2 Å². The summed E-state index contributed by atoms with van der Waals surface area (Å²) in [4.78, 5) is 58.7. The van der Waals surface area contributed by atoms with Crippen LogP contribution in [0, 0.1) is 0 Å². The average molecular weight is 1510 g/mol. The highest BCUT2D eigenvalue weighted by molar-refractivity contribution is 7.47. The molecule has 16 nitrogen and oxygen atoms in total. The third-order valence-electron chi connectivity index (χ3n) is 16.1. The van der Waals surface area contributed by atoms with Crippen LogP contribution in [0.3, 0.4) is 0 Å². The van der Waals surface area contributed by atoms with Gasteiger partial charge in [0.2, 0.25) is 0 Å². The van der Waals surface area contributed by atoms with Crippen molar-refractivity contribution in [2.75, 3.05) is 39.6 Å². The Morgan fingerprint density at radius 3 is 0.810 bits per heavy atom. The largest absolute Gasteiger partial charge is 0.472 e. The van der Waals surface area contributed by atoms with E-state index in [0.717, 1.165) is 186 Å². The van der Waals surface area contributed by atoms with Crippen LogP contribution >= 0.6 is 15.6 Å². The SMILES string of the molecule is CC/C=C\C/C=C\C/C=C\C/C=C\C/C=C\C/C=C\CCCCCCCCCCC(=O)OCC(O)COP(=O)(O)OCC(O)COP(=O)(O)OCC(COC(=O)CCCCCCCCC/C=C\C/C=C\C/C=C\C/C=C\CCCCC)OC(=O)CCCCC/C=C\C/C=C\C/C=C\C/C=C\C/C=C\CC. The first-order chi connectivity index (χ1) is 51.2. The third kappa shape index (κ3) is 79.5. The van der Waals surface area contributed by atoms with Gasteiger partial charge >= 0.3 is 33.6 Å². The van der Waals surface area contributed by atoms with E-state index in [1.165, 1.54) is 44.9 Å². The minimum atomic E-state index is -4.95. The molecule has 596 valence electrons. The van der Waals surface area contributed by atoms with E-state index in [1.54, 1.807) is 0 Å². The van der Waals surface area contributed by atoms with E-state index in [0.29, 0.717) is 19.3 Å². The first-order valence-corrected chi connectivity index (χ1v) is 43.1. The van der Waals surface area contributed by atoms with E-state index in [2.05, 4.69) is 203 Å². The molecule has 0 aliphatic carbocycles. The molecular weight excluding hydrogens is 1360 g/mol. The van der Waals surface area contributed by atoms with Crippen LogP contribution in [0.2, 0.25) is 0 Å². The molecule has 0 saturated heterocycles. The molecule has 18 heteroatoms. The van der Waals surface area contributed by atoms with Crippen LogP contribution in [0.15, 0.2) is 182 Å². The third-order valence-corrected chi connectivity index (χ3v) is 18.0. The van der Waals surface area contributed by atoms with Crippen molar-refractivity contribution in [2.45, 2.75) is 309 Å². The number of unbranched alkanes of at least 4 members (excludes halogenated alkanes) is 21. The minimum absolute atomic E-state index is 0.0559. The first-order valence-electron chi connectivity index (χ1n) is 40.1. The van der Waals surface area contributed by atoms with Gasteiger partial charge in [-0.3, -0.25) is 32.5 Å². The lowest BCUT2D eigenvalue weighted by molar-refractivity contribution is -0.161. The number of aliphatic hydroxyl groups is 2. The van der Waals surface area contributed by atoms with Gasteiger partial charge in [0.1, 0.15) is 25.4 Å². The number of phosphoric acid groups is 2. The highest BCUT2D eigenvalue weighted by Crippen LogP contribution is 2.45. The van der Waals surface area contributed by atoms with Crippen LogP contribution in [-0.2, 0) is 55.8 Å². The molecule has 0 bridgehead atoms. The van der Waals surface area contributed by atoms with Gasteiger partial charge in [-0.2, -0.15) is 0 Å². The molecule has 0 aromatic heterocycles. The molecule has 0 aromatic rings. The van der Waals surface area contributed by atoms with Crippen molar-refractivity contribution < 1.29 is 75.8 Å². The quantitative estimate of drug-likeness (QED) is 0.0146. The van der Waals surface area contributed by atoms with Crippen molar-refractivity contribution in [3.63, 3.8) is 0 Å². The second kappa shape index (κ2) is 78.2. The fourth-order valence-electron chi connectivity index (χ4n) is 10.1. The lowest BCUT2D eigenvalue weighted by Gasteiger charge is -2.21. The normalized spacial score (nSPS) is 14.9. The Labute approximate surface area is 636 Å². The fraction of sp³-hybridized carbons (Fsp3) is 0.621. The van der Waals surface area contributed by atoms with Crippen molar-refractivity contribution in [2.24, 2.45) is 0 Å². The van der Waals surface area contributed by atoms with Gasteiger partial charge in [0.25, 0.3) is 0 Å². The predicted octanol–water partition coefficient (Wildman–Crippen LogP) is 23.8. The van der Waals surface area contributed by atoms with E-state index in [4.69, 9.17) is 32.3 Å². The summed E-state index contributed by atoms with van der Waals surface area (Å²) in [5, 5.41) is 20.7. The van der Waals surface area contributed by atoms with Crippen LogP contribution in [0.4, 0.5) is 0 Å². The Morgan fingerprint density at radius 2 is 0.505 bits per heavy atom. The zero-order chi connectivity index (χ0) is 76.6. The number of carbonyl (C=O) groups is 3. The number of hydrogen-bond donors (Lipinski definition) is 4. The number of phosphoric ester groups is 2. The molecule has 5 atom stereocenters. The average Bonchev–Trinajstić information content (AvgIpc) is 0.941. The van der Waals surface area contributed by atoms with Gasteiger partial charge in [-0.1, -0.05) is 293 Å². The molecule has 0 aliphatic heterocycles. The topological polar surface area (TPSA) is 231 Å². The van der Waals surface area contributed by atoms with Crippen LogP contribution in [0.25, 0.3) is 0 Å². The Bertz CT molecular complexity index is 2640. The Kier molecular flexibility index (Phi) is 74.3. The molecule has 0 heterocycles. The molecule has 5 unspecified atom stereocenters. The highest BCUT2D eigenvalue weighted by atomic mass is 31.2. The number of allylic oxidation sites excluding steroid dienone is 30. The predicted molar refractivity (Wildman–Crippen MR) is 435 cm³/mol. The van der Waals surface area contributed by atoms with Gasteiger partial charge in [-0.15, -0.1) is 0 Å². The van der Waals surface area contributed by atoms with E-state index in [-0.39, 0.29) is 19.3 Å². The fourth-order valence-corrected chi connectivity index (χ4v) is 11.6. The van der Waals surface area contributed by atoms with Gasteiger partial charge in [0.15, 0.2) is 6.10 Å². The summed E-state index contributed by atoms with van der Waals surface area (Å²) in [6, 6.07) is 0. The summed E-state index contributed by atoms with van der Waals surface area (Å²) in [6.45, 7) is 2.35. The maximum atomic E-state index is 13.0. The van der Waals surface area contributed by atoms with Crippen LogP contribution in [-0.4, -0.2) is 95.9 Å². The molecule has 4 N–H and O–H groups in total. The molecule has 0 aliphatic rings. The lowest BCUT2D eigenvalue weighted by Crippen LogP contribution is -2.30. The van der Waals surface area contributed by atoms with Crippen molar-refractivity contribution >= 4 is 33.6 Å². The maximum absolute atomic E-state index is 13.0. The summed E-state index contributed by atoms with van der Waals surface area (Å²) in [5.74, 6) is -1.64. The van der Waals surface area contributed by atoms with Crippen molar-refractivity contribution in [3.05, 3.63) is 182 Å². The van der Waals surface area contributed by atoms with Gasteiger partial charge in [0, 0.05) is 19.3 Å². The smallest absolute Gasteiger partial charge is 0.463 e. The van der Waals surface area contributed by atoms with Crippen molar-refractivity contribution in [1.29, 1.82) is 0 Å². The number of rotatable bonds is 74. The lowest BCUT2D eigenvalue weighted by atomic mass is 10.1. The highest BCUT2D eigenvalue weighted by Gasteiger charge is 2.29. The number of hydrogen-bond acceptors (Lipinski definition) is 14. The monoisotopic (exact) mass is 1500 g/mol. The Morgan fingerprint density at radius 1 is 0.276 bits per heavy atom. The van der Waals surface area contributed by atoms with Gasteiger partial charge in [-0.05, 0) is 161 Å². The second-order valence-electron chi connectivity index (χ2n) is 26.1. The summed E-state index contributed by atoms with van der Waals surface area (Å²) < 4.78 is 61.2. The molecular formula is C87H142O16P2. The molecule has 0 aromatic carbocycles. The molecule has 0 radical (unpaired) electrons. The van der Waals surface area contributed by atoms with Crippen LogP contribution in [0.1, 0.15) is 290 Å². The van der Waals surface area contributed by atoms with Gasteiger partial charge in [0.05, 0.1) is 26.4 Å². The summed E-state index contributed by atoms with van der Waals surface area (Å²) in [6.07, 6.45) is 101. The van der Waals surface area contributed by atoms with Crippen LogP contribution in [0.5, 0.6) is 0 Å². The van der Waals surface area contributed by atoms with Crippen molar-refractivity contribution in [1.82, 2.24) is 0 Å². The minimum Gasteiger partial charge on any atom is -0.463 e. The van der Waals surface area contributed by atoms with E-state index < -0.39 is 91.5 Å². The molecule has 0 saturated carbocycles. The second-order valence-corrected chi connectivity index (χ2v) is 29.0. The summed E-state index contributed by atoms with van der Waals surface area (Å²) in [5.41, 5.74) is 0. The number of esters is 3. The van der Waals surface area contributed by atoms with Gasteiger partial charge in [-0.25, -0.2) is 9.13 Å². The van der Waals surface area contributed by atoms with Crippen molar-refractivity contribution in [3.8, 4) is 0 Å². The van der Waals surface area contributed by atoms with Crippen LogP contribution < -0.4 is 0 Å². The standard InChI is InChI=1S/C87H142O16P2/c1-4-7-10-13-16-19-22-25-28-31-34-36-38-39-40-41-43-45-47-49-52-55-58-61-64-67-70-73-85(90)97-76-82(88)77-99-104(93,94)100-78-83(89)79-101-105(95,96)102-81-84(103-87(92)75-72-69-66-63-60-57-54-51-46-33-30-27-24-21-18-15-12-9-6-3)80-98-86(91)74-71-68-65-62-59-56-53-50-48-44-42-37-35-32-29-26-23-20-17-14-11-8-5-2/h7,9-10,12,16-21,25-30,34-37,39-40,43-46,48,51,57,60,82-84,88-89H,4-6,8,11,13-15,22-24,31-33,38,41-42,47,49-50,52-56,58-59,61-81H2,1-3H3,(H,93,94)(H,95,96)/b10-7-,12-9-,19-16-,20-17-,21-18-,28-25-,29-26-,30-27-,36-34-,37-35-,40-39-,45-43-,48-44-,51-46-,60-57-. The zero-order valence-electron chi connectivity index (χ0n) is 65.1. The zero-order valence-corrected chi connectivity index (χ0v) is 66.9. The maximum Gasteiger partial charge on any atom is 0.472 e. The molecule has 105 heavy (non-hydrogen) atoms.